The Morgan fingerprint density at radius 2 is 1.58 bits per heavy atom. The highest BCUT2D eigenvalue weighted by Crippen LogP contribution is 2.39. The van der Waals surface area contributed by atoms with Crippen LogP contribution in [0.15, 0.2) is 90.9 Å². The highest BCUT2D eigenvalue weighted by atomic mass is 35.5. The number of hydrogen-bond donors (Lipinski definition) is 0. The number of allylic oxidation sites excluding steroid dienone is 4. The maximum atomic E-state index is 4.14. The summed E-state index contributed by atoms with van der Waals surface area (Å²) in [6, 6.07) is 19.2. The van der Waals surface area contributed by atoms with E-state index in [1.54, 1.807) is 23.5 Å². The van der Waals surface area contributed by atoms with E-state index in [0.717, 1.165) is 10.9 Å². The normalized spacial score (nSPS) is 13.5. The van der Waals surface area contributed by atoms with E-state index < -0.39 is 0 Å². The summed E-state index contributed by atoms with van der Waals surface area (Å²) in [5.74, 6) is 0. The van der Waals surface area contributed by atoms with Gasteiger partial charge in [0.05, 0.1) is 5.52 Å². The third-order valence-corrected chi connectivity index (χ3v) is 5.69. The van der Waals surface area contributed by atoms with Crippen LogP contribution < -0.4 is 0 Å². The third-order valence-electron chi connectivity index (χ3n) is 5.69. The van der Waals surface area contributed by atoms with Crippen LogP contribution in [-0.4, -0.2) is 15.4 Å². The number of aromatic nitrogens is 2. The molecular formula is C26H26Cl2N2O. The Hall–Kier alpha value is -2.72. The first kappa shape index (κ1) is 24.5. The van der Waals surface area contributed by atoms with Crippen molar-refractivity contribution in [2.24, 2.45) is 0 Å². The molecule has 0 atom stereocenters. The minimum Gasteiger partial charge on any atom is -0.412 e. The predicted octanol–water partition coefficient (Wildman–Crippen LogP) is 6.54. The standard InChI is InChI=1S/C18H16.C8H6N2.2ClH.H2O/c1-3-7-15-13(5-1)9-11-18-16-8-4-2-6-14(16)10-12-17(15)18;1-2-7-6-9-5-3-8(7)10-4-1;;;/h1,3-5,7-9,11H,2,6,10,12H2;1-6H;2*1H;1H2. The van der Waals surface area contributed by atoms with Gasteiger partial charge in [0.25, 0.3) is 0 Å². The molecule has 2 aromatic carbocycles. The minimum atomic E-state index is 0. The van der Waals surface area contributed by atoms with Crippen LogP contribution in [0.2, 0.25) is 0 Å². The molecule has 0 bridgehead atoms. The van der Waals surface area contributed by atoms with Gasteiger partial charge < -0.3 is 5.48 Å². The summed E-state index contributed by atoms with van der Waals surface area (Å²) in [4.78, 5) is 8.11. The molecule has 0 amide bonds. The van der Waals surface area contributed by atoms with Gasteiger partial charge in [0.15, 0.2) is 0 Å². The molecule has 2 N–H and O–H groups in total. The Bertz CT molecular complexity index is 1170. The summed E-state index contributed by atoms with van der Waals surface area (Å²) in [5.41, 5.74) is 7.20. The van der Waals surface area contributed by atoms with E-state index in [2.05, 4.69) is 58.5 Å². The molecule has 2 aliphatic rings. The average Bonchev–Trinajstić information content (AvgIpc) is 2.79. The van der Waals surface area contributed by atoms with E-state index in [4.69, 9.17) is 0 Å². The first-order valence-electron chi connectivity index (χ1n) is 9.94. The van der Waals surface area contributed by atoms with Crippen molar-refractivity contribution in [2.75, 3.05) is 0 Å². The summed E-state index contributed by atoms with van der Waals surface area (Å²) in [6.45, 7) is 0. The number of halogens is 2. The summed E-state index contributed by atoms with van der Waals surface area (Å²) < 4.78 is 0. The van der Waals surface area contributed by atoms with Gasteiger partial charge in [-0.05, 0) is 71.4 Å². The SMILES string of the molecule is C1=CC2=C(CC1)CCc1c2ccc2ccccc12.Cl.Cl.O.c1cnc2ccncc2c1. The van der Waals surface area contributed by atoms with Gasteiger partial charge in [0.1, 0.15) is 0 Å². The van der Waals surface area contributed by atoms with Crippen LogP contribution in [0.4, 0.5) is 0 Å². The highest BCUT2D eigenvalue weighted by molar-refractivity contribution is 5.93. The lowest BCUT2D eigenvalue weighted by molar-refractivity contribution is 0.824. The van der Waals surface area contributed by atoms with Gasteiger partial charge >= 0.3 is 0 Å². The first-order valence-corrected chi connectivity index (χ1v) is 9.94. The van der Waals surface area contributed by atoms with Crippen molar-refractivity contribution in [3.8, 4) is 0 Å². The Morgan fingerprint density at radius 3 is 2.45 bits per heavy atom. The molecule has 0 unspecified atom stereocenters. The first-order chi connectivity index (χ1) is 13.9. The number of benzene rings is 2. The second-order valence-corrected chi connectivity index (χ2v) is 7.34. The lowest BCUT2D eigenvalue weighted by atomic mass is 9.80. The van der Waals surface area contributed by atoms with E-state index in [-0.39, 0.29) is 30.3 Å². The maximum Gasteiger partial charge on any atom is 0.0732 e. The lowest BCUT2D eigenvalue weighted by Gasteiger charge is -2.25. The fraction of sp³-hybridized carbons (Fsp3) is 0.154. The van der Waals surface area contributed by atoms with Gasteiger partial charge in [-0.25, -0.2) is 0 Å². The second kappa shape index (κ2) is 11.1. The Labute approximate surface area is 195 Å². The van der Waals surface area contributed by atoms with Crippen LogP contribution in [0.25, 0.3) is 27.2 Å². The molecule has 0 aliphatic heterocycles. The zero-order valence-electron chi connectivity index (χ0n) is 17.1. The number of aryl methyl sites for hydroxylation is 1. The van der Waals surface area contributed by atoms with Crippen molar-refractivity contribution in [3.05, 3.63) is 102 Å². The monoisotopic (exact) mass is 452 g/mol. The largest absolute Gasteiger partial charge is 0.412 e. The van der Waals surface area contributed by atoms with Crippen LogP contribution in [0.1, 0.15) is 30.4 Å². The van der Waals surface area contributed by atoms with Crippen molar-refractivity contribution in [1.29, 1.82) is 0 Å². The van der Waals surface area contributed by atoms with Crippen LogP contribution in [0, 0.1) is 0 Å². The number of hydrogen-bond acceptors (Lipinski definition) is 2. The van der Waals surface area contributed by atoms with E-state index >= 15 is 0 Å². The van der Waals surface area contributed by atoms with Crippen LogP contribution in [0.3, 0.4) is 0 Å². The zero-order valence-corrected chi connectivity index (χ0v) is 18.8. The van der Waals surface area contributed by atoms with Gasteiger partial charge in [-0.15, -0.1) is 24.8 Å². The van der Waals surface area contributed by atoms with E-state index in [9.17, 15) is 0 Å². The van der Waals surface area contributed by atoms with Gasteiger partial charge in [0, 0.05) is 24.0 Å². The average molecular weight is 453 g/mol. The molecule has 3 nitrogen and oxygen atoms in total. The second-order valence-electron chi connectivity index (χ2n) is 7.34. The number of nitrogens with zero attached hydrogens (tertiary/aromatic N) is 2. The molecule has 6 rings (SSSR count). The van der Waals surface area contributed by atoms with Crippen molar-refractivity contribution < 1.29 is 5.48 Å². The van der Waals surface area contributed by atoms with Gasteiger partial charge in [-0.2, -0.15) is 0 Å². The molecule has 4 aromatic rings. The molecule has 2 aromatic heterocycles. The van der Waals surface area contributed by atoms with Crippen molar-refractivity contribution in [2.45, 2.75) is 25.7 Å². The molecule has 31 heavy (non-hydrogen) atoms. The Kier molecular flexibility index (Phi) is 8.76. The van der Waals surface area contributed by atoms with Crippen LogP contribution in [0.5, 0.6) is 0 Å². The van der Waals surface area contributed by atoms with Gasteiger partial charge in [0.2, 0.25) is 0 Å². The van der Waals surface area contributed by atoms with Crippen LogP contribution in [-0.2, 0) is 6.42 Å². The van der Waals surface area contributed by atoms with Gasteiger partial charge in [-0.1, -0.05) is 54.1 Å². The van der Waals surface area contributed by atoms with E-state index in [1.807, 2.05) is 24.4 Å². The summed E-state index contributed by atoms with van der Waals surface area (Å²) in [7, 11) is 0. The summed E-state index contributed by atoms with van der Waals surface area (Å²) in [5, 5.41) is 3.91. The molecule has 0 fully saturated rings. The number of rotatable bonds is 0. The quantitative estimate of drug-likeness (QED) is 0.304. The van der Waals surface area contributed by atoms with Gasteiger partial charge in [-0.3, -0.25) is 9.97 Å². The van der Waals surface area contributed by atoms with Crippen LogP contribution >= 0.6 is 24.8 Å². The minimum absolute atomic E-state index is 0. The molecule has 0 saturated heterocycles. The Morgan fingerprint density at radius 1 is 0.742 bits per heavy atom. The molecule has 2 heterocycles. The smallest absolute Gasteiger partial charge is 0.0732 e. The molecule has 2 aliphatic carbocycles. The summed E-state index contributed by atoms with van der Waals surface area (Å²) >= 11 is 0. The fourth-order valence-corrected chi connectivity index (χ4v) is 4.30. The summed E-state index contributed by atoms with van der Waals surface area (Å²) in [6.07, 6.45) is 14.9. The zero-order chi connectivity index (χ0) is 18.8. The van der Waals surface area contributed by atoms with E-state index in [1.165, 1.54) is 47.6 Å². The maximum absolute atomic E-state index is 4.14. The van der Waals surface area contributed by atoms with Crippen molar-refractivity contribution >= 4 is 52.1 Å². The molecule has 0 radical (unpaired) electrons. The molecule has 0 saturated carbocycles. The lowest BCUT2D eigenvalue weighted by Crippen LogP contribution is -2.06. The fourth-order valence-electron chi connectivity index (χ4n) is 4.30. The topological polar surface area (TPSA) is 57.3 Å². The highest BCUT2D eigenvalue weighted by Gasteiger charge is 2.20. The number of fused-ring (bicyclic) bond motifs is 5. The molecule has 160 valence electrons. The Balaban J connectivity index is 0.000000228. The molecular weight excluding hydrogens is 427 g/mol. The molecule has 5 heteroatoms. The van der Waals surface area contributed by atoms with Crippen molar-refractivity contribution in [1.82, 2.24) is 9.97 Å². The van der Waals surface area contributed by atoms with E-state index in [0.29, 0.717) is 0 Å². The number of pyridine rings is 2. The molecule has 0 spiro atoms. The predicted molar refractivity (Wildman–Crippen MR) is 135 cm³/mol. The van der Waals surface area contributed by atoms with Crippen molar-refractivity contribution in [3.63, 3.8) is 0 Å². The third kappa shape index (κ3) is 4.96.